The van der Waals surface area contributed by atoms with Crippen LogP contribution in [-0.2, 0) is 13.0 Å². The van der Waals surface area contributed by atoms with Crippen LogP contribution < -0.4 is 10.1 Å². The van der Waals surface area contributed by atoms with Gasteiger partial charge in [0.15, 0.2) is 0 Å². The normalized spacial score (nSPS) is 10.2. The molecule has 0 fully saturated rings. The third-order valence-corrected chi connectivity index (χ3v) is 2.24. The van der Waals surface area contributed by atoms with Crippen molar-refractivity contribution in [3.8, 4) is 5.75 Å². The van der Waals surface area contributed by atoms with Crippen molar-refractivity contribution in [2.45, 2.75) is 26.8 Å². The van der Waals surface area contributed by atoms with Gasteiger partial charge in [0.1, 0.15) is 5.75 Å². The molecule has 0 bridgehead atoms. The van der Waals surface area contributed by atoms with Crippen molar-refractivity contribution in [2.75, 3.05) is 13.7 Å². The van der Waals surface area contributed by atoms with Gasteiger partial charge in [-0.25, -0.2) is 0 Å². The minimum atomic E-state index is 0.731. The molecule has 2 heteroatoms. The Morgan fingerprint density at radius 2 is 2.00 bits per heavy atom. The van der Waals surface area contributed by atoms with Gasteiger partial charge in [0.25, 0.3) is 0 Å². The lowest BCUT2D eigenvalue weighted by Gasteiger charge is -2.10. The van der Waals surface area contributed by atoms with E-state index in [1.807, 2.05) is 20.0 Å². The standard InChI is InChI=1S/C12H19NO/c1-4-10-8-12(14-5-2)7-6-11(10)9-13-3/h6-8,13H,4-5,9H2,1-3H3. The van der Waals surface area contributed by atoms with Crippen LogP contribution in [0.15, 0.2) is 18.2 Å². The van der Waals surface area contributed by atoms with Gasteiger partial charge in [0.05, 0.1) is 6.61 Å². The van der Waals surface area contributed by atoms with E-state index < -0.39 is 0 Å². The fourth-order valence-corrected chi connectivity index (χ4v) is 1.55. The summed E-state index contributed by atoms with van der Waals surface area (Å²) < 4.78 is 5.46. The Labute approximate surface area is 86.3 Å². The predicted octanol–water partition coefficient (Wildman–Crippen LogP) is 2.37. The summed E-state index contributed by atoms with van der Waals surface area (Å²) in [6, 6.07) is 6.31. The largest absolute Gasteiger partial charge is 0.494 e. The summed E-state index contributed by atoms with van der Waals surface area (Å²) in [5.41, 5.74) is 2.73. The van der Waals surface area contributed by atoms with Gasteiger partial charge in [-0.3, -0.25) is 0 Å². The van der Waals surface area contributed by atoms with Gasteiger partial charge in [-0.05, 0) is 43.7 Å². The topological polar surface area (TPSA) is 21.3 Å². The first-order valence-electron chi connectivity index (χ1n) is 5.21. The number of benzene rings is 1. The maximum Gasteiger partial charge on any atom is 0.119 e. The van der Waals surface area contributed by atoms with Gasteiger partial charge in [-0.15, -0.1) is 0 Å². The molecule has 0 aliphatic carbocycles. The van der Waals surface area contributed by atoms with Crippen LogP contribution in [0.2, 0.25) is 0 Å². The zero-order valence-electron chi connectivity index (χ0n) is 9.26. The summed E-state index contributed by atoms with van der Waals surface area (Å²) in [5, 5.41) is 3.17. The van der Waals surface area contributed by atoms with E-state index in [1.54, 1.807) is 0 Å². The van der Waals surface area contributed by atoms with E-state index in [9.17, 15) is 0 Å². The third-order valence-electron chi connectivity index (χ3n) is 2.24. The van der Waals surface area contributed by atoms with Crippen LogP contribution in [0, 0.1) is 0 Å². The lowest BCUT2D eigenvalue weighted by atomic mass is 10.0. The van der Waals surface area contributed by atoms with E-state index in [1.165, 1.54) is 11.1 Å². The monoisotopic (exact) mass is 193 g/mol. The Bertz CT molecular complexity index is 284. The highest BCUT2D eigenvalue weighted by Gasteiger charge is 2.01. The van der Waals surface area contributed by atoms with E-state index >= 15 is 0 Å². The van der Waals surface area contributed by atoms with Crippen LogP contribution in [-0.4, -0.2) is 13.7 Å². The number of rotatable bonds is 5. The van der Waals surface area contributed by atoms with Crippen molar-refractivity contribution >= 4 is 0 Å². The summed E-state index contributed by atoms with van der Waals surface area (Å²) in [4.78, 5) is 0. The number of aryl methyl sites for hydroxylation is 1. The second-order valence-corrected chi connectivity index (χ2v) is 3.25. The molecule has 0 aromatic heterocycles. The SMILES string of the molecule is CCOc1ccc(CNC)c(CC)c1. The molecule has 0 atom stereocenters. The van der Waals surface area contributed by atoms with Crippen molar-refractivity contribution in [2.24, 2.45) is 0 Å². The van der Waals surface area contributed by atoms with E-state index in [-0.39, 0.29) is 0 Å². The van der Waals surface area contributed by atoms with Crippen molar-refractivity contribution in [1.82, 2.24) is 5.32 Å². The first-order valence-corrected chi connectivity index (χ1v) is 5.21. The maximum absolute atomic E-state index is 5.46. The Hall–Kier alpha value is -1.02. The Balaban J connectivity index is 2.87. The summed E-state index contributed by atoms with van der Waals surface area (Å²) in [6.45, 7) is 5.83. The predicted molar refractivity (Wildman–Crippen MR) is 59.8 cm³/mol. The molecule has 1 N–H and O–H groups in total. The van der Waals surface area contributed by atoms with E-state index in [0.29, 0.717) is 0 Å². The zero-order chi connectivity index (χ0) is 10.4. The Morgan fingerprint density at radius 3 is 2.57 bits per heavy atom. The van der Waals surface area contributed by atoms with Gasteiger partial charge in [0.2, 0.25) is 0 Å². The third kappa shape index (κ3) is 2.74. The van der Waals surface area contributed by atoms with Gasteiger partial charge in [-0.2, -0.15) is 0 Å². The average molecular weight is 193 g/mol. The van der Waals surface area contributed by atoms with Crippen LogP contribution in [0.5, 0.6) is 5.75 Å². The molecule has 1 rings (SSSR count). The summed E-state index contributed by atoms with van der Waals surface area (Å²) in [5.74, 6) is 0.976. The van der Waals surface area contributed by atoms with Gasteiger partial charge in [0, 0.05) is 6.54 Å². The molecule has 0 spiro atoms. The maximum atomic E-state index is 5.46. The number of ether oxygens (including phenoxy) is 1. The van der Waals surface area contributed by atoms with Gasteiger partial charge < -0.3 is 10.1 Å². The molecule has 0 amide bonds. The number of hydrogen-bond donors (Lipinski definition) is 1. The molecular weight excluding hydrogens is 174 g/mol. The fraction of sp³-hybridized carbons (Fsp3) is 0.500. The van der Waals surface area contributed by atoms with E-state index in [4.69, 9.17) is 4.74 Å². The smallest absolute Gasteiger partial charge is 0.119 e. The van der Waals surface area contributed by atoms with Gasteiger partial charge in [-0.1, -0.05) is 13.0 Å². The average Bonchev–Trinajstić information content (AvgIpc) is 2.21. The molecule has 1 aromatic rings. The highest BCUT2D eigenvalue weighted by Crippen LogP contribution is 2.18. The Kier molecular flexibility index (Phi) is 4.47. The second kappa shape index (κ2) is 5.66. The first kappa shape index (κ1) is 11.1. The highest BCUT2D eigenvalue weighted by molar-refractivity contribution is 5.35. The quantitative estimate of drug-likeness (QED) is 0.775. The summed E-state index contributed by atoms with van der Waals surface area (Å²) >= 11 is 0. The molecule has 0 heterocycles. The molecule has 0 saturated heterocycles. The molecule has 14 heavy (non-hydrogen) atoms. The molecule has 0 saturated carbocycles. The van der Waals surface area contributed by atoms with Crippen molar-refractivity contribution in [3.63, 3.8) is 0 Å². The van der Waals surface area contributed by atoms with Crippen molar-refractivity contribution in [3.05, 3.63) is 29.3 Å². The minimum absolute atomic E-state index is 0.731. The fourth-order valence-electron chi connectivity index (χ4n) is 1.55. The lowest BCUT2D eigenvalue weighted by Crippen LogP contribution is -2.07. The van der Waals surface area contributed by atoms with Crippen molar-refractivity contribution < 1.29 is 4.74 Å². The molecule has 0 radical (unpaired) electrons. The van der Waals surface area contributed by atoms with E-state index in [2.05, 4.69) is 24.4 Å². The van der Waals surface area contributed by atoms with Gasteiger partial charge >= 0.3 is 0 Å². The van der Waals surface area contributed by atoms with E-state index in [0.717, 1.165) is 25.3 Å². The molecule has 0 unspecified atom stereocenters. The second-order valence-electron chi connectivity index (χ2n) is 3.25. The molecule has 78 valence electrons. The number of hydrogen-bond acceptors (Lipinski definition) is 2. The first-order chi connectivity index (χ1) is 6.81. The molecule has 0 aliphatic heterocycles. The minimum Gasteiger partial charge on any atom is -0.494 e. The van der Waals surface area contributed by atoms with Crippen LogP contribution in [0.4, 0.5) is 0 Å². The molecular formula is C12H19NO. The van der Waals surface area contributed by atoms with Crippen LogP contribution in [0.1, 0.15) is 25.0 Å². The highest BCUT2D eigenvalue weighted by atomic mass is 16.5. The van der Waals surface area contributed by atoms with Crippen molar-refractivity contribution in [1.29, 1.82) is 0 Å². The molecule has 1 aromatic carbocycles. The lowest BCUT2D eigenvalue weighted by molar-refractivity contribution is 0.340. The zero-order valence-corrected chi connectivity index (χ0v) is 9.26. The van der Waals surface area contributed by atoms with Crippen LogP contribution in [0.3, 0.4) is 0 Å². The Morgan fingerprint density at radius 1 is 1.21 bits per heavy atom. The van der Waals surface area contributed by atoms with Crippen LogP contribution >= 0.6 is 0 Å². The van der Waals surface area contributed by atoms with Crippen LogP contribution in [0.25, 0.3) is 0 Å². The summed E-state index contributed by atoms with van der Waals surface area (Å²) in [6.07, 6.45) is 1.05. The molecule has 2 nitrogen and oxygen atoms in total. The summed E-state index contributed by atoms with van der Waals surface area (Å²) in [7, 11) is 1.97. The molecule has 0 aliphatic rings. The number of nitrogens with one attached hydrogen (secondary N) is 1.